The zero-order valence-corrected chi connectivity index (χ0v) is 12.1. The molecule has 0 saturated carbocycles. The van der Waals surface area contributed by atoms with Gasteiger partial charge in [0.2, 0.25) is 0 Å². The van der Waals surface area contributed by atoms with Crippen LogP contribution in [0.5, 0.6) is 0 Å². The second-order valence-electron chi connectivity index (χ2n) is 5.41. The third-order valence-electron chi connectivity index (χ3n) is 3.79. The van der Waals surface area contributed by atoms with Gasteiger partial charge in [0.15, 0.2) is 0 Å². The molecule has 3 rings (SSSR count). The van der Waals surface area contributed by atoms with E-state index in [0.717, 1.165) is 18.8 Å². The number of benzene rings is 2. The Morgan fingerprint density at radius 2 is 1.76 bits per heavy atom. The molecule has 0 amide bonds. The summed E-state index contributed by atoms with van der Waals surface area (Å²) in [5, 5.41) is 8.89. The van der Waals surface area contributed by atoms with E-state index in [1.165, 1.54) is 5.56 Å². The summed E-state index contributed by atoms with van der Waals surface area (Å²) in [6.45, 7) is 3.81. The van der Waals surface area contributed by atoms with Crippen LogP contribution in [0.15, 0.2) is 54.6 Å². The third-order valence-corrected chi connectivity index (χ3v) is 3.79. The monoisotopic (exact) mass is 278 g/mol. The van der Waals surface area contributed by atoms with E-state index in [1.54, 1.807) is 0 Å². The van der Waals surface area contributed by atoms with E-state index in [0.29, 0.717) is 5.56 Å². The van der Waals surface area contributed by atoms with Crippen molar-refractivity contribution in [2.24, 2.45) is 0 Å². The topological polar surface area (TPSA) is 36.3 Å². The van der Waals surface area contributed by atoms with Crippen molar-refractivity contribution in [2.75, 3.05) is 18.0 Å². The Labute approximate surface area is 125 Å². The second-order valence-corrected chi connectivity index (χ2v) is 5.41. The van der Waals surface area contributed by atoms with Crippen LogP contribution in [0.4, 0.5) is 5.69 Å². The van der Waals surface area contributed by atoms with E-state index < -0.39 is 0 Å². The third kappa shape index (κ3) is 3.07. The molecule has 2 unspecified atom stereocenters. The van der Waals surface area contributed by atoms with Crippen molar-refractivity contribution in [1.82, 2.24) is 0 Å². The van der Waals surface area contributed by atoms with Gasteiger partial charge in [0.25, 0.3) is 0 Å². The summed E-state index contributed by atoms with van der Waals surface area (Å²) < 4.78 is 6.07. The minimum Gasteiger partial charge on any atom is -0.367 e. The highest BCUT2D eigenvalue weighted by atomic mass is 16.5. The van der Waals surface area contributed by atoms with Gasteiger partial charge in [-0.25, -0.2) is 0 Å². The van der Waals surface area contributed by atoms with E-state index in [-0.39, 0.29) is 12.2 Å². The standard InChI is InChI=1S/C18H18N2O/c1-14-12-20(17-9-7-15(11-19)8-10-17)13-18(21-14)16-5-3-2-4-6-16/h2-10,14,18H,12-13H2,1H3. The fourth-order valence-corrected chi connectivity index (χ4v) is 2.76. The molecule has 2 aromatic carbocycles. The van der Waals surface area contributed by atoms with Crippen LogP contribution in [-0.4, -0.2) is 19.2 Å². The average molecular weight is 278 g/mol. The molecule has 2 aromatic rings. The number of anilines is 1. The molecular formula is C18H18N2O. The van der Waals surface area contributed by atoms with E-state index >= 15 is 0 Å². The first kappa shape index (κ1) is 13.7. The van der Waals surface area contributed by atoms with Crippen molar-refractivity contribution >= 4 is 5.69 Å². The molecule has 0 bridgehead atoms. The van der Waals surface area contributed by atoms with Gasteiger partial charge in [-0.3, -0.25) is 0 Å². The summed E-state index contributed by atoms with van der Waals surface area (Å²) in [6.07, 6.45) is 0.269. The van der Waals surface area contributed by atoms with Gasteiger partial charge in [-0.15, -0.1) is 0 Å². The zero-order valence-electron chi connectivity index (χ0n) is 12.1. The molecule has 106 valence electrons. The first-order chi connectivity index (χ1) is 10.3. The largest absolute Gasteiger partial charge is 0.367 e. The fraction of sp³-hybridized carbons (Fsp3) is 0.278. The molecule has 2 atom stereocenters. The fourth-order valence-electron chi connectivity index (χ4n) is 2.76. The van der Waals surface area contributed by atoms with Crippen LogP contribution >= 0.6 is 0 Å². The zero-order chi connectivity index (χ0) is 14.7. The van der Waals surface area contributed by atoms with Gasteiger partial charge in [-0.05, 0) is 36.8 Å². The molecule has 3 nitrogen and oxygen atoms in total. The van der Waals surface area contributed by atoms with Crippen LogP contribution < -0.4 is 4.90 Å². The number of hydrogen-bond donors (Lipinski definition) is 0. The minimum absolute atomic E-state index is 0.0885. The van der Waals surface area contributed by atoms with Crippen LogP contribution in [0.1, 0.15) is 24.2 Å². The van der Waals surface area contributed by atoms with E-state index in [2.05, 4.69) is 30.0 Å². The minimum atomic E-state index is 0.0885. The van der Waals surface area contributed by atoms with Crippen LogP contribution in [0.3, 0.4) is 0 Å². The smallest absolute Gasteiger partial charge is 0.100 e. The number of rotatable bonds is 2. The summed E-state index contributed by atoms with van der Waals surface area (Å²) in [5.41, 5.74) is 3.05. The number of nitriles is 1. The Kier molecular flexibility index (Phi) is 3.89. The van der Waals surface area contributed by atoms with Crippen molar-refractivity contribution in [3.8, 4) is 6.07 Å². The Balaban J connectivity index is 1.81. The molecule has 1 saturated heterocycles. The lowest BCUT2D eigenvalue weighted by Crippen LogP contribution is -2.42. The molecule has 1 aliphatic rings. The van der Waals surface area contributed by atoms with Gasteiger partial charge in [0.05, 0.1) is 17.7 Å². The number of nitrogens with zero attached hydrogens (tertiary/aromatic N) is 2. The lowest BCUT2D eigenvalue weighted by Gasteiger charge is -2.38. The predicted octanol–water partition coefficient (Wildman–Crippen LogP) is 3.52. The SMILES string of the molecule is CC1CN(c2ccc(C#N)cc2)CC(c2ccccc2)O1. The molecular weight excluding hydrogens is 260 g/mol. The van der Waals surface area contributed by atoms with E-state index in [1.807, 2.05) is 42.5 Å². The summed E-state index contributed by atoms with van der Waals surface area (Å²) in [5.74, 6) is 0. The van der Waals surface area contributed by atoms with E-state index in [4.69, 9.17) is 10.00 Å². The average Bonchev–Trinajstić information content (AvgIpc) is 2.55. The number of hydrogen-bond acceptors (Lipinski definition) is 3. The van der Waals surface area contributed by atoms with Crippen LogP contribution in [0.2, 0.25) is 0 Å². The highest BCUT2D eigenvalue weighted by molar-refractivity contribution is 5.50. The van der Waals surface area contributed by atoms with Gasteiger partial charge in [-0.1, -0.05) is 30.3 Å². The Morgan fingerprint density at radius 3 is 2.43 bits per heavy atom. The number of morpholine rings is 1. The van der Waals surface area contributed by atoms with Crippen molar-refractivity contribution in [1.29, 1.82) is 5.26 Å². The Morgan fingerprint density at radius 1 is 1.05 bits per heavy atom. The lowest BCUT2D eigenvalue weighted by molar-refractivity contribution is -0.0173. The first-order valence-corrected chi connectivity index (χ1v) is 7.22. The maximum Gasteiger partial charge on any atom is 0.100 e. The normalized spacial score (nSPS) is 21.8. The summed E-state index contributed by atoms with van der Waals surface area (Å²) in [7, 11) is 0. The molecule has 0 aliphatic carbocycles. The lowest BCUT2D eigenvalue weighted by atomic mass is 10.1. The molecule has 1 fully saturated rings. The van der Waals surface area contributed by atoms with E-state index in [9.17, 15) is 0 Å². The molecule has 21 heavy (non-hydrogen) atoms. The highest BCUT2D eigenvalue weighted by Crippen LogP contribution is 2.28. The summed E-state index contributed by atoms with van der Waals surface area (Å²) in [6, 6.07) is 20.3. The van der Waals surface area contributed by atoms with Gasteiger partial charge in [-0.2, -0.15) is 5.26 Å². The summed E-state index contributed by atoms with van der Waals surface area (Å²) >= 11 is 0. The van der Waals surface area contributed by atoms with Crippen LogP contribution in [-0.2, 0) is 4.74 Å². The van der Waals surface area contributed by atoms with Gasteiger partial charge in [0, 0.05) is 18.8 Å². The molecule has 0 spiro atoms. The van der Waals surface area contributed by atoms with Gasteiger partial charge < -0.3 is 9.64 Å². The Hall–Kier alpha value is -2.31. The van der Waals surface area contributed by atoms with Crippen LogP contribution in [0, 0.1) is 11.3 Å². The maximum absolute atomic E-state index is 8.89. The van der Waals surface area contributed by atoms with Crippen molar-refractivity contribution in [3.63, 3.8) is 0 Å². The highest BCUT2D eigenvalue weighted by Gasteiger charge is 2.26. The Bertz CT molecular complexity index is 631. The van der Waals surface area contributed by atoms with Crippen molar-refractivity contribution in [3.05, 3.63) is 65.7 Å². The first-order valence-electron chi connectivity index (χ1n) is 7.22. The molecule has 1 heterocycles. The molecule has 1 aliphatic heterocycles. The summed E-state index contributed by atoms with van der Waals surface area (Å²) in [4.78, 5) is 2.33. The van der Waals surface area contributed by atoms with Gasteiger partial charge >= 0.3 is 0 Å². The van der Waals surface area contributed by atoms with Crippen molar-refractivity contribution in [2.45, 2.75) is 19.1 Å². The molecule has 0 aromatic heterocycles. The second kappa shape index (κ2) is 5.99. The maximum atomic E-state index is 8.89. The number of ether oxygens (including phenoxy) is 1. The molecule has 0 N–H and O–H groups in total. The molecule has 3 heteroatoms. The van der Waals surface area contributed by atoms with Crippen LogP contribution in [0.25, 0.3) is 0 Å². The predicted molar refractivity (Wildman–Crippen MR) is 83.1 cm³/mol. The van der Waals surface area contributed by atoms with Crippen molar-refractivity contribution < 1.29 is 4.74 Å². The quantitative estimate of drug-likeness (QED) is 0.843. The van der Waals surface area contributed by atoms with Gasteiger partial charge in [0.1, 0.15) is 6.10 Å². The molecule has 0 radical (unpaired) electrons.